The van der Waals surface area contributed by atoms with Crippen LogP contribution < -0.4 is 5.32 Å². The third-order valence-corrected chi connectivity index (χ3v) is 4.37. The molecule has 2 rings (SSSR count). The summed E-state index contributed by atoms with van der Waals surface area (Å²) in [6.07, 6.45) is 4.70. The highest BCUT2D eigenvalue weighted by Gasteiger charge is 2.47. The quantitative estimate of drug-likeness (QED) is 0.807. The van der Waals surface area contributed by atoms with E-state index in [0.717, 1.165) is 13.0 Å². The molecule has 1 N–H and O–H groups in total. The zero-order valence-corrected chi connectivity index (χ0v) is 11.7. The van der Waals surface area contributed by atoms with E-state index in [1.165, 1.54) is 30.4 Å². The SMILES string of the molecule is CCCNC(C)C1(Cc2cc(F)ccc2C)CC1. The van der Waals surface area contributed by atoms with Crippen LogP contribution in [0.4, 0.5) is 4.39 Å². The van der Waals surface area contributed by atoms with E-state index in [4.69, 9.17) is 0 Å². The maximum Gasteiger partial charge on any atom is 0.123 e. The minimum atomic E-state index is -0.111. The molecule has 1 nitrogen and oxygen atoms in total. The Labute approximate surface area is 110 Å². The number of hydrogen-bond acceptors (Lipinski definition) is 1. The summed E-state index contributed by atoms with van der Waals surface area (Å²) in [5.74, 6) is -0.111. The third kappa shape index (κ3) is 2.92. The van der Waals surface area contributed by atoms with Gasteiger partial charge >= 0.3 is 0 Å². The van der Waals surface area contributed by atoms with Crippen LogP contribution >= 0.6 is 0 Å². The second-order valence-electron chi connectivity index (χ2n) is 5.79. The fraction of sp³-hybridized carbons (Fsp3) is 0.625. The molecule has 1 aromatic carbocycles. The Kier molecular flexibility index (Phi) is 4.06. The van der Waals surface area contributed by atoms with Gasteiger partial charge in [-0.25, -0.2) is 4.39 Å². The smallest absolute Gasteiger partial charge is 0.123 e. The first-order valence-electron chi connectivity index (χ1n) is 7.06. The van der Waals surface area contributed by atoms with Crippen molar-refractivity contribution >= 4 is 0 Å². The van der Waals surface area contributed by atoms with Gasteiger partial charge in [0.15, 0.2) is 0 Å². The van der Waals surface area contributed by atoms with Crippen LogP contribution in [0.2, 0.25) is 0 Å². The first kappa shape index (κ1) is 13.5. The molecular formula is C16H24FN. The van der Waals surface area contributed by atoms with E-state index < -0.39 is 0 Å². The number of benzene rings is 1. The summed E-state index contributed by atoms with van der Waals surface area (Å²) in [7, 11) is 0. The molecule has 1 atom stereocenters. The van der Waals surface area contributed by atoms with Crippen LogP contribution in [0.15, 0.2) is 18.2 Å². The van der Waals surface area contributed by atoms with Gasteiger partial charge < -0.3 is 5.32 Å². The Bertz CT molecular complexity index is 410. The van der Waals surface area contributed by atoms with Crippen LogP contribution in [0, 0.1) is 18.2 Å². The standard InChI is InChI=1S/C16H24FN/c1-4-9-18-13(3)16(7-8-16)11-14-10-15(17)6-5-12(14)2/h5-6,10,13,18H,4,7-9,11H2,1-3H3. The van der Waals surface area contributed by atoms with Gasteiger partial charge in [0.25, 0.3) is 0 Å². The Morgan fingerprint density at radius 1 is 1.39 bits per heavy atom. The third-order valence-electron chi connectivity index (χ3n) is 4.37. The highest BCUT2D eigenvalue weighted by Crippen LogP contribution is 2.51. The Hall–Kier alpha value is -0.890. The summed E-state index contributed by atoms with van der Waals surface area (Å²) in [4.78, 5) is 0. The van der Waals surface area contributed by atoms with Crippen LogP contribution in [0.3, 0.4) is 0 Å². The molecule has 0 saturated heterocycles. The molecule has 1 fully saturated rings. The molecule has 0 amide bonds. The van der Waals surface area contributed by atoms with E-state index >= 15 is 0 Å². The van der Waals surface area contributed by atoms with Gasteiger partial charge in [-0.05, 0) is 74.8 Å². The second kappa shape index (κ2) is 5.40. The zero-order chi connectivity index (χ0) is 13.2. The van der Waals surface area contributed by atoms with Crippen molar-refractivity contribution in [2.24, 2.45) is 5.41 Å². The van der Waals surface area contributed by atoms with Crippen LogP contribution in [-0.2, 0) is 6.42 Å². The van der Waals surface area contributed by atoms with Crippen LogP contribution in [0.25, 0.3) is 0 Å². The molecule has 1 aliphatic carbocycles. The molecule has 0 aliphatic heterocycles. The molecule has 0 aromatic heterocycles. The van der Waals surface area contributed by atoms with E-state index in [0.29, 0.717) is 11.5 Å². The van der Waals surface area contributed by atoms with Gasteiger partial charge in [0.05, 0.1) is 0 Å². The lowest BCUT2D eigenvalue weighted by atomic mass is 9.88. The molecule has 18 heavy (non-hydrogen) atoms. The fourth-order valence-corrected chi connectivity index (χ4v) is 2.71. The summed E-state index contributed by atoms with van der Waals surface area (Å²) in [5, 5.41) is 3.60. The molecule has 1 aromatic rings. The number of rotatable bonds is 6. The van der Waals surface area contributed by atoms with E-state index in [-0.39, 0.29) is 5.82 Å². The van der Waals surface area contributed by atoms with Gasteiger partial charge in [0.2, 0.25) is 0 Å². The molecule has 0 radical (unpaired) electrons. The predicted molar refractivity (Wildman–Crippen MR) is 74.3 cm³/mol. The van der Waals surface area contributed by atoms with Crippen LogP contribution in [0.5, 0.6) is 0 Å². The Morgan fingerprint density at radius 3 is 2.72 bits per heavy atom. The van der Waals surface area contributed by atoms with Crippen molar-refractivity contribution in [2.45, 2.75) is 52.5 Å². The van der Waals surface area contributed by atoms with Gasteiger partial charge in [-0.2, -0.15) is 0 Å². The fourth-order valence-electron chi connectivity index (χ4n) is 2.71. The molecule has 0 spiro atoms. The van der Waals surface area contributed by atoms with Crippen molar-refractivity contribution in [1.29, 1.82) is 0 Å². The predicted octanol–water partition coefficient (Wildman–Crippen LogP) is 3.84. The second-order valence-corrected chi connectivity index (χ2v) is 5.79. The molecule has 1 aliphatic rings. The lowest BCUT2D eigenvalue weighted by molar-refractivity contribution is 0.349. The monoisotopic (exact) mass is 249 g/mol. The van der Waals surface area contributed by atoms with Gasteiger partial charge in [0.1, 0.15) is 5.82 Å². The number of aryl methyl sites for hydroxylation is 1. The Morgan fingerprint density at radius 2 is 2.11 bits per heavy atom. The summed E-state index contributed by atoms with van der Waals surface area (Å²) in [5.41, 5.74) is 2.76. The zero-order valence-electron chi connectivity index (χ0n) is 11.7. The van der Waals surface area contributed by atoms with Gasteiger partial charge in [-0.15, -0.1) is 0 Å². The van der Waals surface area contributed by atoms with Crippen molar-refractivity contribution in [3.8, 4) is 0 Å². The van der Waals surface area contributed by atoms with Crippen molar-refractivity contribution < 1.29 is 4.39 Å². The number of hydrogen-bond donors (Lipinski definition) is 1. The average Bonchev–Trinajstić information content (AvgIpc) is 3.12. The molecular weight excluding hydrogens is 225 g/mol. The van der Waals surface area contributed by atoms with Crippen molar-refractivity contribution in [1.82, 2.24) is 5.32 Å². The molecule has 1 saturated carbocycles. The normalized spacial score (nSPS) is 18.7. The first-order chi connectivity index (χ1) is 8.57. The summed E-state index contributed by atoms with van der Waals surface area (Å²) >= 11 is 0. The first-order valence-corrected chi connectivity index (χ1v) is 7.06. The maximum absolute atomic E-state index is 13.3. The molecule has 100 valence electrons. The van der Waals surface area contributed by atoms with Crippen LogP contribution in [0.1, 0.15) is 44.2 Å². The topological polar surface area (TPSA) is 12.0 Å². The Balaban J connectivity index is 2.06. The van der Waals surface area contributed by atoms with E-state index in [2.05, 4.69) is 26.1 Å². The highest BCUT2D eigenvalue weighted by molar-refractivity contribution is 5.29. The van der Waals surface area contributed by atoms with Crippen molar-refractivity contribution in [3.63, 3.8) is 0 Å². The highest BCUT2D eigenvalue weighted by atomic mass is 19.1. The lowest BCUT2D eigenvalue weighted by Gasteiger charge is -2.25. The molecule has 1 unspecified atom stereocenters. The summed E-state index contributed by atoms with van der Waals surface area (Å²) in [6, 6.07) is 5.68. The molecule has 2 heteroatoms. The summed E-state index contributed by atoms with van der Waals surface area (Å²) < 4.78 is 13.3. The number of nitrogens with one attached hydrogen (secondary N) is 1. The van der Waals surface area contributed by atoms with Crippen LogP contribution in [-0.4, -0.2) is 12.6 Å². The minimum Gasteiger partial charge on any atom is -0.314 e. The lowest BCUT2D eigenvalue weighted by Crippen LogP contribution is -2.36. The van der Waals surface area contributed by atoms with E-state index in [9.17, 15) is 4.39 Å². The van der Waals surface area contributed by atoms with E-state index in [1.54, 1.807) is 12.1 Å². The minimum absolute atomic E-state index is 0.111. The van der Waals surface area contributed by atoms with Gasteiger partial charge in [0, 0.05) is 6.04 Å². The van der Waals surface area contributed by atoms with E-state index in [1.807, 2.05) is 6.07 Å². The average molecular weight is 249 g/mol. The van der Waals surface area contributed by atoms with Crippen molar-refractivity contribution in [2.75, 3.05) is 6.54 Å². The molecule has 0 heterocycles. The molecule has 0 bridgehead atoms. The largest absolute Gasteiger partial charge is 0.314 e. The van der Waals surface area contributed by atoms with Crippen molar-refractivity contribution in [3.05, 3.63) is 35.1 Å². The maximum atomic E-state index is 13.3. The van der Waals surface area contributed by atoms with Gasteiger partial charge in [-0.1, -0.05) is 13.0 Å². The number of halogens is 1. The van der Waals surface area contributed by atoms with Gasteiger partial charge in [-0.3, -0.25) is 0 Å². The summed E-state index contributed by atoms with van der Waals surface area (Å²) in [6.45, 7) is 7.62.